The monoisotopic (exact) mass is 180 g/mol. The second kappa shape index (κ2) is 4.19. The van der Waals surface area contributed by atoms with Crippen LogP contribution in [-0.2, 0) is 4.79 Å². The van der Waals surface area contributed by atoms with Gasteiger partial charge in [-0.2, -0.15) is 0 Å². The van der Waals surface area contributed by atoms with E-state index < -0.39 is 5.78 Å². The molecule has 0 saturated carbocycles. The number of hydrogen-bond donors (Lipinski definition) is 2. The number of carbonyl (C=O) groups is 1. The summed E-state index contributed by atoms with van der Waals surface area (Å²) in [6.07, 6.45) is 1.91. The predicted molar refractivity (Wildman–Crippen MR) is 41.3 cm³/mol. The van der Waals surface area contributed by atoms with E-state index in [1.807, 2.05) is 0 Å². The van der Waals surface area contributed by atoms with Crippen LogP contribution in [0.3, 0.4) is 0 Å². The quantitative estimate of drug-likeness (QED) is 0.614. The molecule has 5 heteroatoms. The molecule has 56 valence electrons. The van der Waals surface area contributed by atoms with Crippen molar-refractivity contribution in [3.63, 3.8) is 0 Å². The first-order chi connectivity index (χ1) is 4.63. The Hall–Kier alpha value is -0.670. The molecule has 0 atom stereocenters. The molecule has 3 nitrogen and oxygen atoms in total. The van der Waals surface area contributed by atoms with Crippen molar-refractivity contribution < 1.29 is 4.79 Å². The van der Waals surface area contributed by atoms with E-state index in [-0.39, 0.29) is 10.1 Å². The van der Waals surface area contributed by atoms with Gasteiger partial charge >= 0.3 is 0 Å². The van der Waals surface area contributed by atoms with Crippen LogP contribution in [0.4, 0.5) is 0 Å². The standard InChI is InChI=1S/C5H6Cl2N2O/c6-3(1-8)5(10)4(7)2-9/h1-2H,8-9H2. The van der Waals surface area contributed by atoms with Gasteiger partial charge in [0.2, 0.25) is 5.78 Å². The third-order valence-corrected chi connectivity index (χ3v) is 1.32. The minimum Gasteiger partial charge on any atom is -0.403 e. The Labute approximate surface area is 68.3 Å². The SMILES string of the molecule is NC=C(Cl)C(=O)C(Cl)=CN. The van der Waals surface area contributed by atoms with Crippen molar-refractivity contribution in [2.75, 3.05) is 0 Å². The van der Waals surface area contributed by atoms with E-state index in [1.165, 1.54) is 0 Å². The van der Waals surface area contributed by atoms with Gasteiger partial charge in [-0.15, -0.1) is 0 Å². The molecule has 0 aromatic heterocycles. The summed E-state index contributed by atoms with van der Waals surface area (Å²) >= 11 is 10.6. The highest BCUT2D eigenvalue weighted by atomic mass is 35.5. The second-order valence-electron chi connectivity index (χ2n) is 1.36. The number of allylic oxidation sites excluding steroid dienone is 2. The second-order valence-corrected chi connectivity index (χ2v) is 2.17. The van der Waals surface area contributed by atoms with Crippen LogP contribution in [0.5, 0.6) is 0 Å². The highest BCUT2D eigenvalue weighted by Gasteiger charge is 2.08. The van der Waals surface area contributed by atoms with Gasteiger partial charge in [0, 0.05) is 12.4 Å². The van der Waals surface area contributed by atoms with Crippen molar-refractivity contribution in [3.8, 4) is 0 Å². The van der Waals surface area contributed by atoms with Crippen LogP contribution in [0.25, 0.3) is 0 Å². The predicted octanol–water partition coefficient (Wildman–Crippen LogP) is 0.633. The van der Waals surface area contributed by atoms with Crippen LogP contribution in [-0.4, -0.2) is 5.78 Å². The van der Waals surface area contributed by atoms with E-state index >= 15 is 0 Å². The summed E-state index contributed by atoms with van der Waals surface area (Å²) in [6.45, 7) is 0. The van der Waals surface area contributed by atoms with Gasteiger partial charge in [-0.3, -0.25) is 4.79 Å². The summed E-state index contributed by atoms with van der Waals surface area (Å²) in [6, 6.07) is 0. The van der Waals surface area contributed by atoms with Crippen LogP contribution in [0, 0.1) is 0 Å². The molecule has 4 N–H and O–H groups in total. The molecule has 0 bridgehead atoms. The van der Waals surface area contributed by atoms with E-state index in [0.717, 1.165) is 12.4 Å². The molecule has 0 spiro atoms. The van der Waals surface area contributed by atoms with Gasteiger partial charge in [-0.25, -0.2) is 0 Å². The smallest absolute Gasteiger partial charge is 0.218 e. The Kier molecular flexibility index (Phi) is 3.91. The zero-order chi connectivity index (χ0) is 8.15. The fourth-order valence-electron chi connectivity index (χ4n) is 0.265. The lowest BCUT2D eigenvalue weighted by molar-refractivity contribution is -0.111. The van der Waals surface area contributed by atoms with E-state index in [0.29, 0.717) is 0 Å². The molecule has 0 rings (SSSR count). The minimum atomic E-state index is -0.576. The number of ketones is 1. The van der Waals surface area contributed by atoms with Crippen LogP contribution in [0.1, 0.15) is 0 Å². The van der Waals surface area contributed by atoms with Gasteiger partial charge in [0.1, 0.15) is 10.1 Å². The van der Waals surface area contributed by atoms with Crippen LogP contribution in [0.2, 0.25) is 0 Å². The Morgan fingerprint density at radius 2 is 1.40 bits per heavy atom. The average Bonchev–Trinajstić information content (AvgIpc) is 2.00. The van der Waals surface area contributed by atoms with E-state index in [2.05, 4.69) is 0 Å². The molecule has 0 amide bonds. The summed E-state index contributed by atoms with van der Waals surface area (Å²) in [5, 5.41) is -0.293. The number of Topliss-reactive ketones (excluding diaryl/α,β-unsaturated/α-hetero) is 1. The summed E-state index contributed by atoms with van der Waals surface area (Å²) in [7, 11) is 0. The highest BCUT2D eigenvalue weighted by molar-refractivity contribution is 6.54. The zero-order valence-electron chi connectivity index (χ0n) is 4.97. The molecule has 0 aliphatic heterocycles. The molecule has 0 aromatic rings. The van der Waals surface area contributed by atoms with Crippen LogP contribution < -0.4 is 11.5 Å². The molecule has 0 heterocycles. The Bertz CT molecular complexity index is 178. The molecule has 0 saturated heterocycles. The lowest BCUT2D eigenvalue weighted by Crippen LogP contribution is -2.01. The topological polar surface area (TPSA) is 69.1 Å². The average molecular weight is 181 g/mol. The molecular weight excluding hydrogens is 175 g/mol. The normalized spacial score (nSPS) is 13.4. The molecular formula is C5H6Cl2N2O. The van der Waals surface area contributed by atoms with E-state index in [4.69, 9.17) is 34.7 Å². The van der Waals surface area contributed by atoms with E-state index in [9.17, 15) is 4.79 Å². The highest BCUT2D eigenvalue weighted by Crippen LogP contribution is 2.10. The molecule has 0 aliphatic rings. The first-order valence-corrected chi connectivity index (χ1v) is 3.08. The number of halogens is 2. The largest absolute Gasteiger partial charge is 0.403 e. The molecule has 10 heavy (non-hydrogen) atoms. The molecule has 0 aromatic carbocycles. The maximum Gasteiger partial charge on any atom is 0.218 e. The number of hydrogen-bond acceptors (Lipinski definition) is 3. The molecule has 0 unspecified atom stereocenters. The van der Waals surface area contributed by atoms with Crippen molar-refractivity contribution in [1.29, 1.82) is 0 Å². The third kappa shape index (κ3) is 2.29. The molecule has 0 radical (unpaired) electrons. The first kappa shape index (κ1) is 9.33. The van der Waals surface area contributed by atoms with Crippen molar-refractivity contribution in [2.45, 2.75) is 0 Å². The third-order valence-electron chi connectivity index (χ3n) is 0.726. The number of carbonyl (C=O) groups excluding carboxylic acids is 1. The van der Waals surface area contributed by atoms with Crippen molar-refractivity contribution in [3.05, 3.63) is 22.5 Å². The zero-order valence-corrected chi connectivity index (χ0v) is 6.49. The van der Waals surface area contributed by atoms with Gasteiger partial charge < -0.3 is 11.5 Å². The van der Waals surface area contributed by atoms with Gasteiger partial charge in [-0.1, -0.05) is 23.2 Å². The lowest BCUT2D eigenvalue weighted by Gasteiger charge is -1.92. The van der Waals surface area contributed by atoms with Gasteiger partial charge in [0.25, 0.3) is 0 Å². The number of nitrogens with two attached hydrogens (primary N) is 2. The fourth-order valence-corrected chi connectivity index (χ4v) is 0.517. The maximum atomic E-state index is 10.7. The summed E-state index contributed by atoms with van der Waals surface area (Å²) < 4.78 is 0. The Balaban J connectivity index is 4.39. The van der Waals surface area contributed by atoms with Crippen LogP contribution in [0.15, 0.2) is 22.5 Å². The Morgan fingerprint density at radius 1 is 1.10 bits per heavy atom. The minimum absolute atomic E-state index is 0.147. The van der Waals surface area contributed by atoms with Crippen LogP contribution >= 0.6 is 23.2 Å². The van der Waals surface area contributed by atoms with Crippen molar-refractivity contribution >= 4 is 29.0 Å². The van der Waals surface area contributed by atoms with Gasteiger partial charge in [0.05, 0.1) is 0 Å². The summed E-state index contributed by atoms with van der Waals surface area (Å²) in [4.78, 5) is 10.7. The molecule has 0 fully saturated rings. The first-order valence-electron chi connectivity index (χ1n) is 2.33. The van der Waals surface area contributed by atoms with Gasteiger partial charge in [-0.05, 0) is 0 Å². The molecule has 0 aliphatic carbocycles. The number of rotatable bonds is 2. The van der Waals surface area contributed by atoms with Crippen molar-refractivity contribution in [1.82, 2.24) is 0 Å². The van der Waals surface area contributed by atoms with Crippen molar-refractivity contribution in [2.24, 2.45) is 11.5 Å². The van der Waals surface area contributed by atoms with E-state index in [1.54, 1.807) is 0 Å². The maximum absolute atomic E-state index is 10.7. The summed E-state index contributed by atoms with van der Waals surface area (Å²) in [5.41, 5.74) is 9.85. The lowest BCUT2D eigenvalue weighted by atomic mass is 10.3. The Morgan fingerprint density at radius 3 is 1.60 bits per heavy atom. The van der Waals surface area contributed by atoms with Gasteiger partial charge in [0.15, 0.2) is 0 Å². The summed E-state index contributed by atoms with van der Waals surface area (Å²) in [5.74, 6) is -0.576. The fraction of sp³-hybridized carbons (Fsp3) is 0.